The van der Waals surface area contributed by atoms with Crippen LogP contribution in [0.4, 0.5) is 10.1 Å². The van der Waals surface area contributed by atoms with Crippen molar-refractivity contribution in [2.45, 2.75) is 18.8 Å². The van der Waals surface area contributed by atoms with Gasteiger partial charge < -0.3 is 10.0 Å². The molecule has 0 aliphatic carbocycles. The minimum atomic E-state index is -1.29. The van der Waals surface area contributed by atoms with Crippen molar-refractivity contribution in [1.82, 2.24) is 0 Å². The number of carboxylic acid groups (broad SMARTS) is 1. The maximum absolute atomic E-state index is 13.2. The van der Waals surface area contributed by atoms with Crippen LogP contribution in [-0.4, -0.2) is 24.0 Å². The number of hydrogen-bond acceptors (Lipinski definition) is 2. The molecule has 1 atom stereocenters. The molecule has 0 aromatic heterocycles. The van der Waals surface area contributed by atoms with Crippen LogP contribution in [0.15, 0.2) is 18.2 Å². The fraction of sp³-hybridized carbons (Fsp3) is 0.333. The lowest BCUT2D eigenvalue weighted by atomic mass is 9.75. The van der Waals surface area contributed by atoms with E-state index in [0.717, 1.165) is 0 Å². The minimum Gasteiger partial charge on any atom is -0.481 e. The number of aliphatic carboxylic acids is 1. The third kappa shape index (κ3) is 1.58. The lowest BCUT2D eigenvalue weighted by molar-refractivity contribution is -0.145. The molecule has 1 aromatic carbocycles. The molecule has 0 radical (unpaired) electrons. The Balaban J connectivity index is 2.69. The van der Waals surface area contributed by atoms with Gasteiger partial charge in [0.15, 0.2) is 0 Å². The van der Waals surface area contributed by atoms with E-state index in [1.807, 2.05) is 0 Å². The highest BCUT2D eigenvalue weighted by molar-refractivity contribution is 6.02. The first kappa shape index (κ1) is 11.6. The zero-order valence-corrected chi connectivity index (χ0v) is 9.53. The van der Waals surface area contributed by atoms with Gasteiger partial charge in [-0.25, -0.2) is 4.39 Å². The smallest absolute Gasteiger partial charge is 0.314 e. The van der Waals surface area contributed by atoms with Gasteiger partial charge in [0.1, 0.15) is 11.2 Å². The predicted molar refractivity (Wildman–Crippen MR) is 59.4 cm³/mol. The fourth-order valence-corrected chi connectivity index (χ4v) is 2.09. The molecule has 2 rings (SSSR count). The van der Waals surface area contributed by atoms with Crippen molar-refractivity contribution in [3.8, 4) is 0 Å². The van der Waals surface area contributed by atoms with Gasteiger partial charge in [-0.1, -0.05) is 6.07 Å². The van der Waals surface area contributed by atoms with Crippen molar-refractivity contribution in [2.24, 2.45) is 0 Å². The van der Waals surface area contributed by atoms with Gasteiger partial charge in [0.05, 0.1) is 5.69 Å². The highest BCUT2D eigenvalue weighted by Crippen LogP contribution is 2.40. The Hall–Kier alpha value is -1.91. The van der Waals surface area contributed by atoms with Gasteiger partial charge in [-0.3, -0.25) is 9.59 Å². The van der Waals surface area contributed by atoms with Gasteiger partial charge in [-0.15, -0.1) is 0 Å². The summed E-state index contributed by atoms with van der Waals surface area (Å²) in [7, 11) is 1.52. The molecule has 90 valence electrons. The van der Waals surface area contributed by atoms with Crippen molar-refractivity contribution in [2.75, 3.05) is 11.9 Å². The molecule has 17 heavy (non-hydrogen) atoms. The summed E-state index contributed by atoms with van der Waals surface area (Å²) in [4.78, 5) is 24.3. The lowest BCUT2D eigenvalue weighted by Gasteiger charge is -2.36. The van der Waals surface area contributed by atoms with Crippen LogP contribution >= 0.6 is 0 Å². The van der Waals surface area contributed by atoms with E-state index in [2.05, 4.69) is 0 Å². The van der Waals surface area contributed by atoms with Gasteiger partial charge in [-0.2, -0.15) is 0 Å². The SMILES string of the molecule is CN1C(=O)C[C@@](C)(C(=O)O)c2ccc(F)cc21. The zero-order valence-electron chi connectivity index (χ0n) is 9.53. The Labute approximate surface area is 97.7 Å². The normalized spacial score (nSPS) is 23.5. The largest absolute Gasteiger partial charge is 0.481 e. The van der Waals surface area contributed by atoms with E-state index < -0.39 is 17.2 Å². The fourth-order valence-electron chi connectivity index (χ4n) is 2.09. The molecule has 1 amide bonds. The van der Waals surface area contributed by atoms with E-state index in [1.165, 1.54) is 37.1 Å². The number of carboxylic acids is 1. The van der Waals surface area contributed by atoms with Crippen LogP contribution in [0.5, 0.6) is 0 Å². The van der Waals surface area contributed by atoms with Crippen molar-refractivity contribution in [3.05, 3.63) is 29.6 Å². The van der Waals surface area contributed by atoms with Crippen LogP contribution < -0.4 is 4.90 Å². The number of carbonyl (C=O) groups excluding carboxylic acids is 1. The first-order valence-corrected chi connectivity index (χ1v) is 5.16. The summed E-state index contributed by atoms with van der Waals surface area (Å²) >= 11 is 0. The predicted octanol–water partition coefficient (Wildman–Crippen LogP) is 1.53. The Bertz CT molecular complexity index is 514. The van der Waals surface area contributed by atoms with Crippen LogP contribution in [0.25, 0.3) is 0 Å². The van der Waals surface area contributed by atoms with Crippen molar-refractivity contribution in [1.29, 1.82) is 0 Å². The van der Waals surface area contributed by atoms with Crippen molar-refractivity contribution >= 4 is 17.6 Å². The average Bonchev–Trinajstić information content (AvgIpc) is 2.25. The van der Waals surface area contributed by atoms with E-state index in [-0.39, 0.29) is 12.3 Å². The van der Waals surface area contributed by atoms with Crippen LogP contribution in [0.1, 0.15) is 18.9 Å². The van der Waals surface area contributed by atoms with Crippen molar-refractivity contribution < 1.29 is 19.1 Å². The molecule has 1 heterocycles. The molecular formula is C12H12FNO3. The molecule has 0 bridgehead atoms. The second-order valence-corrected chi connectivity index (χ2v) is 4.43. The number of nitrogens with zero attached hydrogens (tertiary/aromatic N) is 1. The molecule has 1 aliphatic rings. The van der Waals surface area contributed by atoms with E-state index >= 15 is 0 Å². The molecular weight excluding hydrogens is 225 g/mol. The number of anilines is 1. The number of halogens is 1. The summed E-state index contributed by atoms with van der Waals surface area (Å²) in [6.07, 6.45) is -0.114. The average molecular weight is 237 g/mol. The maximum Gasteiger partial charge on any atom is 0.314 e. The van der Waals surface area contributed by atoms with Crippen LogP contribution in [0.3, 0.4) is 0 Å². The molecule has 0 fully saturated rings. The summed E-state index contributed by atoms with van der Waals surface area (Å²) < 4.78 is 13.2. The van der Waals surface area contributed by atoms with Crippen LogP contribution in [-0.2, 0) is 15.0 Å². The molecule has 1 aromatic rings. The third-order valence-corrected chi connectivity index (χ3v) is 3.27. The topological polar surface area (TPSA) is 57.6 Å². The van der Waals surface area contributed by atoms with Gasteiger partial charge >= 0.3 is 5.97 Å². The number of hydrogen-bond donors (Lipinski definition) is 1. The molecule has 4 nitrogen and oxygen atoms in total. The van der Waals surface area contributed by atoms with Crippen molar-refractivity contribution in [3.63, 3.8) is 0 Å². The first-order chi connectivity index (χ1) is 7.86. The minimum absolute atomic E-state index is 0.114. The molecule has 0 spiro atoms. The zero-order chi connectivity index (χ0) is 12.8. The monoisotopic (exact) mass is 237 g/mol. The lowest BCUT2D eigenvalue weighted by Crippen LogP contribution is -2.45. The van der Waals surface area contributed by atoms with Gasteiger partial charge in [0.25, 0.3) is 0 Å². The van der Waals surface area contributed by atoms with Gasteiger partial charge in [0, 0.05) is 13.5 Å². The summed E-state index contributed by atoms with van der Waals surface area (Å²) in [6, 6.07) is 3.83. The quantitative estimate of drug-likeness (QED) is 0.805. The van der Waals surface area contributed by atoms with E-state index in [1.54, 1.807) is 0 Å². The standard InChI is InChI=1S/C12H12FNO3/c1-12(11(16)17)6-10(15)14(2)9-5-7(13)3-4-8(9)12/h3-5H,6H2,1-2H3,(H,16,17)/t12-/m1/s1. The number of fused-ring (bicyclic) bond motifs is 1. The highest BCUT2D eigenvalue weighted by atomic mass is 19.1. The van der Waals surface area contributed by atoms with Crippen LogP contribution in [0, 0.1) is 5.82 Å². The second-order valence-electron chi connectivity index (χ2n) is 4.43. The molecule has 5 heteroatoms. The summed E-state index contributed by atoms with van der Waals surface area (Å²) in [5, 5.41) is 9.25. The van der Waals surface area contributed by atoms with E-state index in [0.29, 0.717) is 11.3 Å². The number of amides is 1. The molecule has 0 unspecified atom stereocenters. The molecule has 1 N–H and O–H groups in total. The summed E-state index contributed by atoms with van der Waals surface area (Å²) in [5.74, 6) is -1.89. The Morgan fingerprint density at radius 3 is 2.76 bits per heavy atom. The summed E-state index contributed by atoms with van der Waals surface area (Å²) in [5.41, 5.74) is -0.494. The van der Waals surface area contributed by atoms with Gasteiger partial charge in [0.2, 0.25) is 5.91 Å². The van der Waals surface area contributed by atoms with Crippen LogP contribution in [0.2, 0.25) is 0 Å². The summed E-state index contributed by atoms with van der Waals surface area (Å²) in [6.45, 7) is 1.48. The highest BCUT2D eigenvalue weighted by Gasteiger charge is 2.44. The number of rotatable bonds is 1. The van der Waals surface area contributed by atoms with Gasteiger partial charge in [-0.05, 0) is 24.6 Å². The number of benzene rings is 1. The maximum atomic E-state index is 13.2. The van der Waals surface area contributed by atoms with E-state index in [9.17, 15) is 19.1 Å². The number of carbonyl (C=O) groups is 2. The molecule has 1 aliphatic heterocycles. The molecule has 0 saturated heterocycles. The first-order valence-electron chi connectivity index (χ1n) is 5.16. The Kier molecular flexibility index (Phi) is 2.41. The second kappa shape index (κ2) is 3.55. The Morgan fingerprint density at radius 2 is 2.18 bits per heavy atom. The molecule has 0 saturated carbocycles. The Morgan fingerprint density at radius 1 is 1.53 bits per heavy atom. The van der Waals surface area contributed by atoms with E-state index in [4.69, 9.17) is 0 Å². The third-order valence-electron chi connectivity index (χ3n) is 3.27.